The highest BCUT2D eigenvalue weighted by Crippen LogP contribution is 2.23. The second-order valence-corrected chi connectivity index (χ2v) is 3.72. The lowest BCUT2D eigenvalue weighted by Crippen LogP contribution is -1.95. The fourth-order valence-corrected chi connectivity index (χ4v) is 1.60. The number of hydrogen-bond donors (Lipinski definition) is 2. The minimum Gasteiger partial charge on any atom is -0.477 e. The molecule has 0 saturated carbocycles. The number of nitrogens with one attached hydrogen (secondary N) is 1. The van der Waals surface area contributed by atoms with Gasteiger partial charge in [-0.3, -0.25) is 5.10 Å². The molecule has 0 aliphatic carbocycles. The van der Waals surface area contributed by atoms with Gasteiger partial charge < -0.3 is 5.11 Å². The summed E-state index contributed by atoms with van der Waals surface area (Å²) in [6.45, 7) is 4.02. The molecule has 0 radical (unpaired) electrons. The van der Waals surface area contributed by atoms with Crippen molar-refractivity contribution in [1.82, 2.24) is 10.2 Å². The number of benzene rings is 1. The maximum atomic E-state index is 10.7. The van der Waals surface area contributed by atoms with Gasteiger partial charge in [0.2, 0.25) is 0 Å². The van der Waals surface area contributed by atoms with Crippen molar-refractivity contribution in [3.63, 3.8) is 0 Å². The standard InChI is InChI=1S/C12H12N2O2/c1-7-4-3-5-9(8(7)2)10-6-11(12(15)16)14-13-10/h3-6H,1-2H3,(H,13,14)(H,15,16). The van der Waals surface area contributed by atoms with E-state index in [9.17, 15) is 4.79 Å². The van der Waals surface area contributed by atoms with E-state index in [1.807, 2.05) is 32.0 Å². The van der Waals surface area contributed by atoms with E-state index in [4.69, 9.17) is 5.11 Å². The summed E-state index contributed by atoms with van der Waals surface area (Å²) < 4.78 is 0. The molecule has 2 N–H and O–H groups in total. The Morgan fingerprint density at radius 2 is 2.12 bits per heavy atom. The Bertz CT molecular complexity index is 544. The zero-order valence-corrected chi connectivity index (χ0v) is 9.11. The van der Waals surface area contributed by atoms with Crippen LogP contribution in [0.5, 0.6) is 0 Å². The van der Waals surface area contributed by atoms with Gasteiger partial charge >= 0.3 is 5.97 Å². The third-order valence-corrected chi connectivity index (χ3v) is 2.69. The first kappa shape index (κ1) is 10.4. The normalized spacial score (nSPS) is 10.4. The van der Waals surface area contributed by atoms with Crippen LogP contribution in [-0.4, -0.2) is 21.3 Å². The highest BCUT2D eigenvalue weighted by atomic mass is 16.4. The average molecular weight is 216 g/mol. The predicted molar refractivity (Wildman–Crippen MR) is 60.5 cm³/mol. The van der Waals surface area contributed by atoms with Gasteiger partial charge in [0.25, 0.3) is 0 Å². The van der Waals surface area contributed by atoms with Crippen LogP contribution in [0, 0.1) is 13.8 Å². The van der Waals surface area contributed by atoms with Crippen LogP contribution in [0.3, 0.4) is 0 Å². The number of hydrogen-bond acceptors (Lipinski definition) is 2. The lowest BCUT2D eigenvalue weighted by atomic mass is 10.0. The van der Waals surface area contributed by atoms with Gasteiger partial charge in [-0.1, -0.05) is 18.2 Å². The summed E-state index contributed by atoms with van der Waals surface area (Å²) in [6, 6.07) is 7.44. The Morgan fingerprint density at radius 1 is 1.38 bits per heavy atom. The van der Waals surface area contributed by atoms with E-state index in [1.54, 1.807) is 6.07 Å². The largest absolute Gasteiger partial charge is 0.477 e. The first-order valence-electron chi connectivity index (χ1n) is 4.95. The molecule has 1 aromatic heterocycles. The van der Waals surface area contributed by atoms with Gasteiger partial charge in [0, 0.05) is 5.56 Å². The maximum Gasteiger partial charge on any atom is 0.353 e. The van der Waals surface area contributed by atoms with E-state index in [2.05, 4.69) is 10.2 Å². The quantitative estimate of drug-likeness (QED) is 0.810. The maximum absolute atomic E-state index is 10.7. The van der Waals surface area contributed by atoms with Gasteiger partial charge in [0.15, 0.2) is 0 Å². The Labute approximate surface area is 92.9 Å². The third kappa shape index (κ3) is 1.69. The lowest BCUT2D eigenvalue weighted by molar-refractivity contribution is 0.0690. The second kappa shape index (κ2) is 3.81. The molecule has 82 valence electrons. The van der Waals surface area contributed by atoms with Crippen LogP contribution in [0.4, 0.5) is 0 Å². The SMILES string of the molecule is Cc1cccc(-c2cc(C(=O)O)[nH]n2)c1C. The van der Waals surface area contributed by atoms with E-state index in [-0.39, 0.29) is 5.69 Å². The highest BCUT2D eigenvalue weighted by Gasteiger charge is 2.11. The van der Waals surface area contributed by atoms with Crippen molar-refractivity contribution in [3.8, 4) is 11.3 Å². The number of H-pyrrole nitrogens is 1. The van der Waals surface area contributed by atoms with Crippen molar-refractivity contribution in [2.75, 3.05) is 0 Å². The molecule has 0 unspecified atom stereocenters. The van der Waals surface area contributed by atoms with Crippen molar-refractivity contribution in [2.45, 2.75) is 13.8 Å². The van der Waals surface area contributed by atoms with Crippen LogP contribution in [-0.2, 0) is 0 Å². The molecule has 1 heterocycles. The predicted octanol–water partition coefficient (Wildman–Crippen LogP) is 2.39. The van der Waals surface area contributed by atoms with Crippen LogP contribution in [0.15, 0.2) is 24.3 Å². The molecule has 16 heavy (non-hydrogen) atoms. The molecule has 2 aromatic rings. The molecule has 0 saturated heterocycles. The first-order chi connectivity index (χ1) is 7.59. The molecule has 4 nitrogen and oxygen atoms in total. The number of nitrogens with zero attached hydrogens (tertiary/aromatic N) is 1. The van der Waals surface area contributed by atoms with Crippen molar-refractivity contribution in [3.05, 3.63) is 41.1 Å². The zero-order valence-electron chi connectivity index (χ0n) is 9.11. The van der Waals surface area contributed by atoms with Crippen molar-refractivity contribution in [1.29, 1.82) is 0 Å². The molecule has 2 rings (SSSR count). The van der Waals surface area contributed by atoms with E-state index < -0.39 is 5.97 Å². The molecule has 4 heteroatoms. The van der Waals surface area contributed by atoms with Gasteiger partial charge in [-0.15, -0.1) is 0 Å². The van der Waals surface area contributed by atoms with Crippen molar-refractivity contribution < 1.29 is 9.90 Å². The molecule has 0 amide bonds. The number of aromatic nitrogens is 2. The Balaban J connectivity index is 2.50. The summed E-state index contributed by atoms with van der Waals surface area (Å²) in [6.07, 6.45) is 0. The molecular weight excluding hydrogens is 204 g/mol. The minimum atomic E-state index is -0.996. The first-order valence-corrected chi connectivity index (χ1v) is 4.95. The number of aromatic amines is 1. The molecule has 0 bridgehead atoms. The van der Waals surface area contributed by atoms with Crippen LogP contribution in [0.2, 0.25) is 0 Å². The van der Waals surface area contributed by atoms with Gasteiger partial charge in [-0.2, -0.15) is 5.10 Å². The van der Waals surface area contributed by atoms with Gasteiger partial charge in [0.1, 0.15) is 5.69 Å². The van der Waals surface area contributed by atoms with Crippen LogP contribution < -0.4 is 0 Å². The third-order valence-electron chi connectivity index (χ3n) is 2.69. The molecule has 0 aliphatic rings. The van der Waals surface area contributed by atoms with Gasteiger partial charge in [-0.05, 0) is 31.0 Å². The number of carbonyl (C=O) groups is 1. The summed E-state index contributed by atoms with van der Waals surface area (Å²) in [4.78, 5) is 10.7. The van der Waals surface area contributed by atoms with E-state index in [1.165, 1.54) is 0 Å². The Hall–Kier alpha value is -2.10. The number of carboxylic acids is 1. The second-order valence-electron chi connectivity index (χ2n) is 3.72. The monoisotopic (exact) mass is 216 g/mol. The average Bonchev–Trinajstić information content (AvgIpc) is 2.71. The van der Waals surface area contributed by atoms with Crippen LogP contribution in [0.1, 0.15) is 21.6 Å². The minimum absolute atomic E-state index is 0.107. The van der Waals surface area contributed by atoms with E-state index in [0.29, 0.717) is 5.69 Å². The summed E-state index contributed by atoms with van der Waals surface area (Å²) in [5.41, 5.74) is 4.02. The van der Waals surface area contributed by atoms with Crippen molar-refractivity contribution in [2.24, 2.45) is 0 Å². The fourth-order valence-electron chi connectivity index (χ4n) is 1.60. The van der Waals surface area contributed by atoms with Crippen molar-refractivity contribution >= 4 is 5.97 Å². The zero-order chi connectivity index (χ0) is 11.7. The van der Waals surface area contributed by atoms with Crippen LogP contribution >= 0.6 is 0 Å². The summed E-state index contributed by atoms with van der Waals surface area (Å²) in [5, 5.41) is 15.3. The van der Waals surface area contributed by atoms with E-state index in [0.717, 1.165) is 16.7 Å². The molecule has 1 aromatic carbocycles. The van der Waals surface area contributed by atoms with Gasteiger partial charge in [0.05, 0.1) is 5.69 Å². The fraction of sp³-hybridized carbons (Fsp3) is 0.167. The Morgan fingerprint density at radius 3 is 2.75 bits per heavy atom. The highest BCUT2D eigenvalue weighted by molar-refractivity contribution is 5.87. The molecule has 0 spiro atoms. The molecule has 0 atom stereocenters. The number of aryl methyl sites for hydroxylation is 1. The smallest absolute Gasteiger partial charge is 0.353 e. The summed E-state index contributed by atoms with van der Waals surface area (Å²) >= 11 is 0. The number of aromatic carboxylic acids is 1. The lowest BCUT2D eigenvalue weighted by Gasteiger charge is -2.04. The molecular formula is C12H12N2O2. The summed E-state index contributed by atoms with van der Waals surface area (Å²) in [7, 11) is 0. The number of rotatable bonds is 2. The Kier molecular flexibility index (Phi) is 2.48. The summed E-state index contributed by atoms with van der Waals surface area (Å²) in [5.74, 6) is -0.996. The van der Waals surface area contributed by atoms with Gasteiger partial charge in [-0.25, -0.2) is 4.79 Å². The van der Waals surface area contributed by atoms with Crippen LogP contribution in [0.25, 0.3) is 11.3 Å². The topological polar surface area (TPSA) is 66.0 Å². The molecule has 0 fully saturated rings. The molecule has 0 aliphatic heterocycles. The number of carboxylic acid groups (broad SMARTS) is 1. The van der Waals surface area contributed by atoms with E-state index >= 15 is 0 Å².